The SMILES string of the molecule is Cc1cccc(C(=O)N[C@H](C(=O)Nc2ccc(SCc3cccnc3)cc2)C(C)C)c1. The van der Waals surface area contributed by atoms with E-state index in [4.69, 9.17) is 0 Å². The van der Waals surface area contributed by atoms with E-state index in [1.807, 2.05) is 81.6 Å². The predicted octanol–water partition coefficient (Wildman–Crippen LogP) is 5.08. The van der Waals surface area contributed by atoms with Crippen molar-refractivity contribution in [1.82, 2.24) is 10.3 Å². The minimum atomic E-state index is -0.632. The average molecular weight is 434 g/mol. The van der Waals surface area contributed by atoms with Crippen molar-refractivity contribution >= 4 is 29.3 Å². The second-order valence-electron chi connectivity index (χ2n) is 7.73. The van der Waals surface area contributed by atoms with Gasteiger partial charge in [0.2, 0.25) is 5.91 Å². The Morgan fingerprint density at radius 2 is 1.81 bits per heavy atom. The van der Waals surface area contributed by atoms with Crippen molar-refractivity contribution in [2.45, 2.75) is 37.5 Å². The van der Waals surface area contributed by atoms with Gasteiger partial charge in [0.05, 0.1) is 0 Å². The van der Waals surface area contributed by atoms with E-state index in [1.165, 1.54) is 0 Å². The maximum atomic E-state index is 12.8. The molecule has 0 aliphatic heterocycles. The zero-order chi connectivity index (χ0) is 22.2. The second-order valence-corrected chi connectivity index (χ2v) is 8.78. The van der Waals surface area contributed by atoms with Crippen molar-refractivity contribution in [2.24, 2.45) is 5.92 Å². The van der Waals surface area contributed by atoms with Crippen molar-refractivity contribution in [3.8, 4) is 0 Å². The lowest BCUT2D eigenvalue weighted by atomic mass is 10.0. The van der Waals surface area contributed by atoms with Crippen LogP contribution in [0.25, 0.3) is 0 Å². The van der Waals surface area contributed by atoms with Gasteiger partial charge in [-0.3, -0.25) is 14.6 Å². The summed E-state index contributed by atoms with van der Waals surface area (Å²) < 4.78 is 0. The third-order valence-electron chi connectivity index (χ3n) is 4.77. The maximum Gasteiger partial charge on any atom is 0.251 e. The van der Waals surface area contributed by atoms with Crippen LogP contribution in [0.15, 0.2) is 78.0 Å². The molecule has 0 unspecified atom stereocenters. The number of thioether (sulfide) groups is 1. The predicted molar refractivity (Wildman–Crippen MR) is 126 cm³/mol. The fourth-order valence-electron chi connectivity index (χ4n) is 3.05. The third kappa shape index (κ3) is 6.69. The number of hydrogen-bond donors (Lipinski definition) is 2. The van der Waals surface area contributed by atoms with Gasteiger partial charge in [0.15, 0.2) is 0 Å². The zero-order valence-corrected chi connectivity index (χ0v) is 18.8. The van der Waals surface area contributed by atoms with Gasteiger partial charge in [-0.15, -0.1) is 11.8 Å². The van der Waals surface area contributed by atoms with Crippen LogP contribution in [0.1, 0.15) is 35.3 Å². The normalized spacial score (nSPS) is 11.7. The van der Waals surface area contributed by atoms with Crippen LogP contribution in [0.4, 0.5) is 5.69 Å². The summed E-state index contributed by atoms with van der Waals surface area (Å²) in [5.74, 6) is 0.300. The van der Waals surface area contributed by atoms with E-state index < -0.39 is 6.04 Å². The van der Waals surface area contributed by atoms with Gasteiger partial charge in [0.1, 0.15) is 6.04 Å². The van der Waals surface area contributed by atoms with Gasteiger partial charge >= 0.3 is 0 Å². The molecule has 0 aliphatic carbocycles. The third-order valence-corrected chi connectivity index (χ3v) is 5.85. The van der Waals surface area contributed by atoms with E-state index in [-0.39, 0.29) is 17.7 Å². The van der Waals surface area contributed by atoms with E-state index in [0.29, 0.717) is 11.3 Å². The lowest BCUT2D eigenvalue weighted by molar-refractivity contribution is -0.118. The highest BCUT2D eigenvalue weighted by molar-refractivity contribution is 7.98. The number of aryl methyl sites for hydroxylation is 1. The van der Waals surface area contributed by atoms with Crippen molar-refractivity contribution in [2.75, 3.05) is 5.32 Å². The largest absolute Gasteiger partial charge is 0.340 e. The van der Waals surface area contributed by atoms with Crippen LogP contribution in [0.2, 0.25) is 0 Å². The number of nitrogens with zero attached hydrogens (tertiary/aromatic N) is 1. The Balaban J connectivity index is 1.59. The molecule has 0 bridgehead atoms. The van der Waals surface area contributed by atoms with Gasteiger partial charge in [-0.05, 0) is 60.9 Å². The van der Waals surface area contributed by atoms with Crippen molar-refractivity contribution < 1.29 is 9.59 Å². The molecule has 1 heterocycles. The first-order valence-electron chi connectivity index (χ1n) is 10.2. The molecule has 0 fully saturated rings. The summed E-state index contributed by atoms with van der Waals surface area (Å²) in [5.41, 5.74) is 3.41. The topological polar surface area (TPSA) is 71.1 Å². The molecule has 0 radical (unpaired) electrons. The van der Waals surface area contributed by atoms with E-state index >= 15 is 0 Å². The number of anilines is 1. The number of carbonyl (C=O) groups is 2. The monoisotopic (exact) mass is 433 g/mol. The van der Waals surface area contributed by atoms with Crippen LogP contribution in [-0.4, -0.2) is 22.8 Å². The van der Waals surface area contributed by atoms with Gasteiger partial charge in [0, 0.05) is 34.3 Å². The van der Waals surface area contributed by atoms with Crippen LogP contribution in [0, 0.1) is 12.8 Å². The summed E-state index contributed by atoms with van der Waals surface area (Å²) in [6, 6.07) is 18.4. The Morgan fingerprint density at radius 3 is 2.45 bits per heavy atom. The van der Waals surface area contributed by atoms with Gasteiger partial charge in [-0.25, -0.2) is 0 Å². The second kappa shape index (κ2) is 10.8. The van der Waals surface area contributed by atoms with Gasteiger partial charge in [-0.2, -0.15) is 0 Å². The number of aromatic nitrogens is 1. The Bertz CT molecular complexity index is 1020. The van der Waals surface area contributed by atoms with Crippen LogP contribution < -0.4 is 10.6 Å². The molecule has 0 saturated heterocycles. The van der Waals surface area contributed by atoms with Gasteiger partial charge in [-0.1, -0.05) is 37.6 Å². The van der Waals surface area contributed by atoms with Crippen molar-refractivity contribution in [3.63, 3.8) is 0 Å². The minimum absolute atomic E-state index is 0.0527. The molecule has 1 aromatic heterocycles. The Morgan fingerprint density at radius 1 is 1.03 bits per heavy atom. The number of nitrogens with one attached hydrogen (secondary N) is 2. The number of pyridine rings is 1. The summed E-state index contributed by atoms with van der Waals surface area (Å²) in [6.07, 6.45) is 3.62. The molecule has 3 aromatic rings. The molecule has 6 heteroatoms. The first-order chi connectivity index (χ1) is 14.9. The summed E-state index contributed by atoms with van der Waals surface area (Å²) in [6.45, 7) is 5.76. The molecule has 0 aliphatic rings. The maximum absolute atomic E-state index is 12.8. The Hall–Kier alpha value is -3.12. The lowest BCUT2D eigenvalue weighted by Gasteiger charge is -2.22. The smallest absolute Gasteiger partial charge is 0.251 e. The Labute approximate surface area is 187 Å². The number of hydrogen-bond acceptors (Lipinski definition) is 4. The molecule has 2 N–H and O–H groups in total. The fourth-order valence-corrected chi connectivity index (χ4v) is 3.88. The summed E-state index contributed by atoms with van der Waals surface area (Å²) in [7, 11) is 0. The van der Waals surface area contributed by atoms with Crippen LogP contribution >= 0.6 is 11.8 Å². The number of rotatable bonds is 8. The highest BCUT2D eigenvalue weighted by Gasteiger charge is 2.24. The molecule has 0 saturated carbocycles. The van der Waals surface area contributed by atoms with E-state index in [2.05, 4.69) is 15.6 Å². The minimum Gasteiger partial charge on any atom is -0.340 e. The molecular weight excluding hydrogens is 406 g/mol. The van der Waals surface area contributed by atoms with Gasteiger partial charge in [0.25, 0.3) is 5.91 Å². The van der Waals surface area contributed by atoms with Crippen molar-refractivity contribution in [3.05, 3.63) is 89.7 Å². The standard InChI is InChI=1S/C25H27N3O2S/c1-17(2)23(28-24(29)20-8-4-6-18(3)14-20)25(30)27-21-9-11-22(12-10-21)31-16-19-7-5-13-26-15-19/h4-15,17,23H,16H2,1-3H3,(H,27,30)(H,28,29)/t23-/m0/s1. The molecule has 5 nitrogen and oxygen atoms in total. The van der Waals surface area contributed by atoms with E-state index in [1.54, 1.807) is 24.0 Å². The summed E-state index contributed by atoms with van der Waals surface area (Å²) in [4.78, 5) is 30.7. The number of benzene rings is 2. The number of amides is 2. The summed E-state index contributed by atoms with van der Waals surface area (Å²) in [5, 5.41) is 5.79. The van der Waals surface area contributed by atoms with Crippen LogP contribution in [-0.2, 0) is 10.5 Å². The molecule has 2 aromatic carbocycles. The highest BCUT2D eigenvalue weighted by atomic mass is 32.2. The molecule has 3 rings (SSSR count). The lowest BCUT2D eigenvalue weighted by Crippen LogP contribution is -2.47. The molecule has 0 spiro atoms. The van der Waals surface area contributed by atoms with E-state index in [0.717, 1.165) is 21.8 Å². The molecule has 2 amide bonds. The average Bonchev–Trinajstić information content (AvgIpc) is 2.77. The zero-order valence-electron chi connectivity index (χ0n) is 18.0. The fraction of sp³-hybridized carbons (Fsp3) is 0.240. The van der Waals surface area contributed by atoms with Crippen molar-refractivity contribution in [1.29, 1.82) is 0 Å². The molecule has 1 atom stereocenters. The molecular formula is C25H27N3O2S. The summed E-state index contributed by atoms with van der Waals surface area (Å²) >= 11 is 1.71. The van der Waals surface area contributed by atoms with Crippen LogP contribution in [0.3, 0.4) is 0 Å². The quantitative estimate of drug-likeness (QED) is 0.486. The van der Waals surface area contributed by atoms with E-state index in [9.17, 15) is 9.59 Å². The molecule has 160 valence electrons. The van der Waals surface area contributed by atoms with Crippen LogP contribution in [0.5, 0.6) is 0 Å². The first kappa shape index (κ1) is 22.6. The van der Waals surface area contributed by atoms with Gasteiger partial charge < -0.3 is 10.6 Å². The number of carbonyl (C=O) groups excluding carboxylic acids is 2. The molecule has 31 heavy (non-hydrogen) atoms. The first-order valence-corrected chi connectivity index (χ1v) is 11.2. The highest BCUT2D eigenvalue weighted by Crippen LogP contribution is 2.24. The Kier molecular flexibility index (Phi) is 7.84.